The van der Waals surface area contributed by atoms with E-state index in [9.17, 15) is 18.0 Å². The summed E-state index contributed by atoms with van der Waals surface area (Å²) in [5, 5.41) is 0. The van der Waals surface area contributed by atoms with Crippen molar-refractivity contribution in [2.45, 2.75) is 24.7 Å². The topological polar surface area (TPSA) is 109 Å². The molecule has 3 rings (SSSR count). The Morgan fingerprint density at radius 2 is 1.90 bits per heavy atom. The minimum Gasteiger partial charge on any atom is -0.463 e. The maximum atomic E-state index is 12.6. The van der Waals surface area contributed by atoms with Gasteiger partial charge in [-0.25, -0.2) is 13.2 Å². The van der Waals surface area contributed by atoms with Gasteiger partial charge in [0.25, 0.3) is 15.9 Å². The molecule has 29 heavy (non-hydrogen) atoms. The fourth-order valence-corrected chi connectivity index (χ4v) is 4.03. The van der Waals surface area contributed by atoms with Gasteiger partial charge < -0.3 is 14.6 Å². The summed E-state index contributed by atoms with van der Waals surface area (Å²) in [6, 6.07) is 7.87. The molecule has 1 amide bonds. The molecule has 0 aliphatic carbocycles. The van der Waals surface area contributed by atoms with Gasteiger partial charge in [-0.2, -0.15) is 0 Å². The number of aromatic nitrogens is 1. The Hall–Kier alpha value is -3.07. The van der Waals surface area contributed by atoms with E-state index in [2.05, 4.69) is 9.71 Å². The highest BCUT2D eigenvalue weighted by atomic mass is 32.2. The van der Waals surface area contributed by atoms with E-state index in [4.69, 9.17) is 4.74 Å². The zero-order valence-corrected chi connectivity index (χ0v) is 16.9. The third-order valence-electron chi connectivity index (χ3n) is 4.45. The van der Waals surface area contributed by atoms with E-state index in [-0.39, 0.29) is 16.5 Å². The lowest BCUT2D eigenvalue weighted by atomic mass is 10.2. The second-order valence-electron chi connectivity index (χ2n) is 6.56. The molecule has 1 aromatic carbocycles. The minimum atomic E-state index is -3.84. The summed E-state index contributed by atoms with van der Waals surface area (Å²) < 4.78 is 32.5. The number of hydrogen-bond donors (Lipinski definition) is 2. The highest BCUT2D eigenvalue weighted by molar-refractivity contribution is 7.92. The number of esters is 1. The molecule has 0 unspecified atom stereocenters. The van der Waals surface area contributed by atoms with Crippen LogP contribution in [0.25, 0.3) is 6.08 Å². The van der Waals surface area contributed by atoms with Crippen molar-refractivity contribution in [3.05, 3.63) is 53.9 Å². The highest BCUT2D eigenvalue weighted by Gasteiger charge is 2.23. The lowest BCUT2D eigenvalue weighted by molar-refractivity contribution is -0.137. The van der Waals surface area contributed by atoms with Crippen molar-refractivity contribution in [1.82, 2.24) is 9.88 Å². The Kier molecular flexibility index (Phi) is 6.38. The van der Waals surface area contributed by atoms with Gasteiger partial charge in [-0.1, -0.05) is 12.1 Å². The van der Waals surface area contributed by atoms with Crippen LogP contribution in [0, 0.1) is 0 Å². The molecule has 1 aromatic heterocycles. The fraction of sp³-hybridized carbons (Fsp3) is 0.300. The molecule has 1 saturated heterocycles. The summed E-state index contributed by atoms with van der Waals surface area (Å²) in [7, 11) is -3.84. The quantitative estimate of drug-likeness (QED) is 0.532. The van der Waals surface area contributed by atoms with Crippen LogP contribution in [0.5, 0.6) is 0 Å². The number of aromatic amines is 1. The van der Waals surface area contributed by atoms with E-state index in [1.165, 1.54) is 18.3 Å². The summed E-state index contributed by atoms with van der Waals surface area (Å²) in [4.78, 5) is 28.2. The molecule has 8 nitrogen and oxygen atoms in total. The number of benzene rings is 1. The molecule has 9 heteroatoms. The number of rotatable bonds is 7. The number of nitrogens with zero attached hydrogens (tertiary/aromatic N) is 1. The summed E-state index contributed by atoms with van der Waals surface area (Å²) in [6.07, 6.45) is 6.12. The molecule has 2 heterocycles. The first-order valence-electron chi connectivity index (χ1n) is 9.34. The van der Waals surface area contributed by atoms with Crippen molar-refractivity contribution in [2.75, 3.05) is 24.4 Å². The number of sulfonamides is 1. The van der Waals surface area contributed by atoms with Gasteiger partial charge in [-0.15, -0.1) is 0 Å². The molecule has 0 bridgehead atoms. The van der Waals surface area contributed by atoms with E-state index < -0.39 is 16.0 Å². The van der Waals surface area contributed by atoms with Gasteiger partial charge in [0.2, 0.25) is 0 Å². The first kappa shape index (κ1) is 20.7. The molecule has 0 spiro atoms. The largest absolute Gasteiger partial charge is 0.463 e. The van der Waals surface area contributed by atoms with Crippen LogP contribution in [0.3, 0.4) is 0 Å². The Bertz CT molecular complexity index is 1000. The molecule has 2 aromatic rings. The molecule has 1 fully saturated rings. The Morgan fingerprint density at radius 3 is 2.55 bits per heavy atom. The predicted octanol–water partition coefficient (Wildman–Crippen LogP) is 2.63. The number of amides is 1. The van der Waals surface area contributed by atoms with Crippen LogP contribution in [-0.4, -0.2) is 49.9 Å². The van der Waals surface area contributed by atoms with Gasteiger partial charge in [0.15, 0.2) is 0 Å². The SMILES string of the molecule is CCOC(=O)/C=C/c1ccc(NS(=O)(=O)c2c[nH]c(C(=O)N3CCCC3)c2)cc1. The fourth-order valence-electron chi connectivity index (χ4n) is 2.97. The number of carbonyl (C=O) groups excluding carboxylic acids is 2. The summed E-state index contributed by atoms with van der Waals surface area (Å²) in [6.45, 7) is 3.40. The number of carbonyl (C=O) groups is 2. The summed E-state index contributed by atoms with van der Waals surface area (Å²) in [5.74, 6) is -0.634. The third kappa shape index (κ3) is 5.26. The number of ether oxygens (including phenoxy) is 1. The first-order chi connectivity index (χ1) is 13.9. The minimum absolute atomic E-state index is 0.00803. The lowest BCUT2D eigenvalue weighted by Gasteiger charge is -2.13. The van der Waals surface area contributed by atoms with E-state index in [1.54, 1.807) is 42.2 Å². The molecule has 2 N–H and O–H groups in total. The Morgan fingerprint density at radius 1 is 1.21 bits per heavy atom. The van der Waals surface area contributed by atoms with Crippen LogP contribution < -0.4 is 4.72 Å². The van der Waals surface area contributed by atoms with Crippen LogP contribution >= 0.6 is 0 Å². The van der Waals surface area contributed by atoms with Crippen molar-refractivity contribution in [2.24, 2.45) is 0 Å². The lowest BCUT2D eigenvalue weighted by Crippen LogP contribution is -2.27. The summed E-state index contributed by atoms with van der Waals surface area (Å²) in [5.41, 5.74) is 1.35. The standard InChI is InChI=1S/C20H23N3O5S/c1-2-28-19(24)10-7-15-5-8-16(9-6-15)22-29(26,27)17-13-18(21-14-17)20(25)23-11-3-4-12-23/h5-10,13-14,21-22H,2-4,11-12H2,1H3/b10-7+. The van der Waals surface area contributed by atoms with Crippen LogP contribution in [0.1, 0.15) is 35.8 Å². The predicted molar refractivity (Wildman–Crippen MR) is 109 cm³/mol. The maximum absolute atomic E-state index is 12.6. The number of hydrogen-bond acceptors (Lipinski definition) is 5. The highest BCUT2D eigenvalue weighted by Crippen LogP contribution is 2.19. The Balaban J connectivity index is 1.66. The van der Waals surface area contributed by atoms with Gasteiger partial charge in [0.05, 0.1) is 6.61 Å². The van der Waals surface area contributed by atoms with Crippen LogP contribution in [0.2, 0.25) is 0 Å². The smallest absolute Gasteiger partial charge is 0.330 e. The first-order valence-corrected chi connectivity index (χ1v) is 10.8. The van der Waals surface area contributed by atoms with Gasteiger partial charge in [0, 0.05) is 31.0 Å². The average molecular weight is 417 g/mol. The van der Waals surface area contributed by atoms with Crippen LogP contribution in [0.4, 0.5) is 5.69 Å². The molecular weight excluding hydrogens is 394 g/mol. The number of H-pyrrole nitrogens is 1. The maximum Gasteiger partial charge on any atom is 0.330 e. The van der Waals surface area contributed by atoms with E-state index in [0.29, 0.717) is 25.4 Å². The van der Waals surface area contributed by atoms with E-state index in [0.717, 1.165) is 18.4 Å². The van der Waals surface area contributed by atoms with E-state index >= 15 is 0 Å². The summed E-state index contributed by atoms with van der Waals surface area (Å²) >= 11 is 0. The molecule has 0 radical (unpaired) electrons. The van der Waals surface area contributed by atoms with Gasteiger partial charge in [-0.05, 0) is 49.6 Å². The number of likely N-dealkylation sites (tertiary alicyclic amines) is 1. The zero-order valence-electron chi connectivity index (χ0n) is 16.1. The van der Waals surface area contributed by atoms with Crippen molar-refractivity contribution in [3.63, 3.8) is 0 Å². The molecule has 0 saturated carbocycles. The van der Waals surface area contributed by atoms with Gasteiger partial charge in [-0.3, -0.25) is 9.52 Å². The van der Waals surface area contributed by atoms with Gasteiger partial charge in [0.1, 0.15) is 10.6 Å². The third-order valence-corrected chi connectivity index (χ3v) is 5.81. The second kappa shape index (κ2) is 8.95. The second-order valence-corrected chi connectivity index (χ2v) is 8.24. The molecule has 1 aliphatic rings. The number of anilines is 1. The van der Waals surface area contributed by atoms with Crippen molar-refractivity contribution >= 4 is 33.7 Å². The monoisotopic (exact) mass is 417 g/mol. The molecule has 0 atom stereocenters. The number of nitrogens with one attached hydrogen (secondary N) is 2. The van der Waals surface area contributed by atoms with Crippen LogP contribution in [0.15, 0.2) is 47.5 Å². The van der Waals surface area contributed by atoms with Crippen LogP contribution in [-0.2, 0) is 19.6 Å². The van der Waals surface area contributed by atoms with E-state index in [1.807, 2.05) is 0 Å². The zero-order chi connectivity index (χ0) is 20.9. The molecule has 154 valence electrons. The van der Waals surface area contributed by atoms with Gasteiger partial charge >= 0.3 is 5.97 Å². The molecule has 1 aliphatic heterocycles. The normalized spacial score (nSPS) is 14.3. The van der Waals surface area contributed by atoms with Crippen molar-refractivity contribution < 1.29 is 22.7 Å². The molecular formula is C20H23N3O5S. The van der Waals surface area contributed by atoms with Crippen molar-refractivity contribution in [3.8, 4) is 0 Å². The Labute approximate surface area is 169 Å². The van der Waals surface area contributed by atoms with Crippen molar-refractivity contribution in [1.29, 1.82) is 0 Å². The average Bonchev–Trinajstić information content (AvgIpc) is 3.39.